The molecule has 0 fully saturated rings. The molecule has 0 amide bonds. The van der Waals surface area contributed by atoms with Crippen molar-refractivity contribution in [1.29, 1.82) is 0 Å². The summed E-state index contributed by atoms with van der Waals surface area (Å²) in [6, 6.07) is 8.94. The lowest BCUT2D eigenvalue weighted by atomic mass is 10.1. The lowest BCUT2D eigenvalue weighted by molar-refractivity contribution is -0.135. The molecule has 0 aliphatic heterocycles. The van der Waals surface area contributed by atoms with Gasteiger partial charge in [0.25, 0.3) is 0 Å². The van der Waals surface area contributed by atoms with Crippen molar-refractivity contribution >= 4 is 28.9 Å². The highest BCUT2D eigenvalue weighted by atomic mass is 16.6. The van der Waals surface area contributed by atoms with Gasteiger partial charge in [-0.15, -0.1) is 0 Å². The van der Waals surface area contributed by atoms with Crippen molar-refractivity contribution in [3.8, 4) is 34.3 Å². The van der Waals surface area contributed by atoms with Crippen molar-refractivity contribution in [2.24, 2.45) is 0 Å². The van der Waals surface area contributed by atoms with Gasteiger partial charge in [-0.25, -0.2) is 0 Å². The van der Waals surface area contributed by atoms with E-state index >= 15 is 0 Å². The van der Waals surface area contributed by atoms with Gasteiger partial charge >= 0.3 is 17.9 Å². The minimum absolute atomic E-state index is 0.0351. The number of hydrogen-bond donors (Lipinski definition) is 0. The monoisotopic (exact) mass is 594 g/mol. The molecule has 1 aromatic heterocycles. The third-order valence-electron chi connectivity index (χ3n) is 6.85. The molecule has 2 aromatic carbocycles. The van der Waals surface area contributed by atoms with Crippen LogP contribution >= 0.6 is 0 Å². The third kappa shape index (κ3) is 9.98. The summed E-state index contributed by atoms with van der Waals surface area (Å²) in [5.74, 6) is -0.535. The Hall–Kier alpha value is -4.14. The first kappa shape index (κ1) is 33.4. The number of carbonyl (C=O) groups is 3. The smallest absolute Gasteiger partial charge is 0.311 e. The predicted octanol–water partition coefficient (Wildman–Crippen LogP) is 7.93. The molecule has 0 spiro atoms. The molecule has 43 heavy (non-hydrogen) atoms. The van der Waals surface area contributed by atoms with Crippen molar-refractivity contribution in [2.45, 2.75) is 97.8 Å². The van der Waals surface area contributed by atoms with E-state index in [0.717, 1.165) is 38.5 Å². The zero-order valence-electron chi connectivity index (χ0n) is 25.6. The number of ether oxygens (including phenoxy) is 4. The average Bonchev–Trinajstić information content (AvgIpc) is 2.97. The lowest BCUT2D eigenvalue weighted by Crippen LogP contribution is -2.12. The van der Waals surface area contributed by atoms with Gasteiger partial charge in [0.2, 0.25) is 0 Å². The molecule has 0 saturated carbocycles. The van der Waals surface area contributed by atoms with Gasteiger partial charge in [-0.05, 0) is 37.5 Å². The molecule has 9 heteroatoms. The summed E-state index contributed by atoms with van der Waals surface area (Å²) in [5, 5.41) is 0.0504. The zero-order valence-corrected chi connectivity index (χ0v) is 25.6. The van der Waals surface area contributed by atoms with Crippen LogP contribution in [0, 0.1) is 0 Å². The molecule has 232 valence electrons. The third-order valence-corrected chi connectivity index (χ3v) is 6.85. The second-order valence-corrected chi connectivity index (χ2v) is 10.4. The number of fused-ring (bicyclic) bond motifs is 1. The number of methoxy groups -OCH3 is 1. The highest BCUT2D eigenvalue weighted by Crippen LogP contribution is 2.36. The summed E-state index contributed by atoms with van der Waals surface area (Å²) >= 11 is 0. The van der Waals surface area contributed by atoms with Crippen molar-refractivity contribution in [3.05, 3.63) is 46.6 Å². The number of hydrogen-bond acceptors (Lipinski definition) is 9. The molecule has 0 bridgehead atoms. The van der Waals surface area contributed by atoms with Crippen molar-refractivity contribution in [1.82, 2.24) is 0 Å². The van der Waals surface area contributed by atoms with E-state index in [2.05, 4.69) is 6.92 Å². The SMILES string of the molecule is CCCCCC(=O)Oc1cc(OC(=O)CCCCC)c2c(=O)cc(-c3ccc(OC)c(OC(=O)CCCCC)c3)oc2c1. The molecule has 9 nitrogen and oxygen atoms in total. The zero-order chi connectivity index (χ0) is 31.2. The summed E-state index contributed by atoms with van der Waals surface area (Å²) in [6.45, 7) is 6.12. The van der Waals surface area contributed by atoms with Crippen LogP contribution in [-0.2, 0) is 14.4 Å². The van der Waals surface area contributed by atoms with Crippen LogP contribution < -0.4 is 24.4 Å². The van der Waals surface area contributed by atoms with Crippen LogP contribution in [0.25, 0.3) is 22.3 Å². The number of esters is 3. The Morgan fingerprint density at radius 1 is 0.651 bits per heavy atom. The molecule has 3 aromatic rings. The predicted molar refractivity (Wildman–Crippen MR) is 164 cm³/mol. The minimum Gasteiger partial charge on any atom is -0.493 e. The summed E-state index contributed by atoms with van der Waals surface area (Å²) in [4.78, 5) is 50.9. The van der Waals surface area contributed by atoms with Gasteiger partial charge in [0.1, 0.15) is 28.2 Å². The Bertz CT molecular complexity index is 1450. The van der Waals surface area contributed by atoms with E-state index in [-0.39, 0.29) is 59.2 Å². The van der Waals surface area contributed by atoms with Crippen LogP contribution in [0.4, 0.5) is 0 Å². The number of benzene rings is 2. The fourth-order valence-electron chi connectivity index (χ4n) is 4.51. The average molecular weight is 595 g/mol. The van der Waals surface area contributed by atoms with Gasteiger partial charge in [-0.3, -0.25) is 19.2 Å². The normalized spacial score (nSPS) is 10.9. The van der Waals surface area contributed by atoms with E-state index in [1.807, 2.05) is 13.8 Å². The Balaban J connectivity index is 2.01. The first-order chi connectivity index (χ1) is 20.8. The van der Waals surface area contributed by atoms with Gasteiger partial charge in [-0.1, -0.05) is 59.3 Å². The van der Waals surface area contributed by atoms with Gasteiger partial charge in [0, 0.05) is 43.0 Å². The van der Waals surface area contributed by atoms with E-state index in [9.17, 15) is 19.2 Å². The fourth-order valence-corrected chi connectivity index (χ4v) is 4.51. The number of rotatable bonds is 17. The first-order valence-corrected chi connectivity index (χ1v) is 15.2. The molecule has 0 unspecified atom stereocenters. The van der Waals surface area contributed by atoms with Crippen LogP contribution in [-0.4, -0.2) is 25.0 Å². The topological polar surface area (TPSA) is 118 Å². The van der Waals surface area contributed by atoms with Gasteiger partial charge in [0.05, 0.1) is 7.11 Å². The largest absolute Gasteiger partial charge is 0.493 e. The van der Waals surface area contributed by atoms with E-state index in [1.165, 1.54) is 25.3 Å². The molecule has 0 radical (unpaired) electrons. The van der Waals surface area contributed by atoms with Crippen molar-refractivity contribution in [3.63, 3.8) is 0 Å². The number of carbonyl (C=O) groups excluding carboxylic acids is 3. The Labute approximate surface area is 252 Å². The van der Waals surface area contributed by atoms with Crippen LogP contribution in [0.3, 0.4) is 0 Å². The molecule has 3 rings (SSSR count). The van der Waals surface area contributed by atoms with Gasteiger partial charge in [0.15, 0.2) is 16.9 Å². The molecule has 0 aliphatic rings. The van der Waals surface area contributed by atoms with Crippen LogP contribution in [0.5, 0.6) is 23.0 Å². The van der Waals surface area contributed by atoms with E-state index in [1.54, 1.807) is 18.2 Å². The summed E-state index contributed by atoms with van der Waals surface area (Å²) in [7, 11) is 1.47. The van der Waals surface area contributed by atoms with Gasteiger partial charge < -0.3 is 23.4 Å². The molecule has 0 aliphatic carbocycles. The maximum Gasteiger partial charge on any atom is 0.311 e. The Kier molecular flexibility index (Phi) is 13.3. The maximum atomic E-state index is 13.4. The fraction of sp³-hybridized carbons (Fsp3) is 0.471. The molecule has 0 saturated heterocycles. The second-order valence-electron chi connectivity index (χ2n) is 10.4. The Morgan fingerprint density at radius 3 is 1.77 bits per heavy atom. The van der Waals surface area contributed by atoms with E-state index in [4.69, 9.17) is 23.4 Å². The standard InChI is InChI=1S/C34H42O9/c1-5-8-11-14-31(36)40-24-20-29-34(30(21-24)43-33(38)16-13-10-7-3)25(35)22-27(41-29)23-17-18-26(39-4)28(19-23)42-32(37)15-12-9-6-2/h17-22H,5-16H2,1-4H3. The molecule has 0 atom stereocenters. The maximum absolute atomic E-state index is 13.4. The first-order valence-electron chi connectivity index (χ1n) is 15.2. The van der Waals surface area contributed by atoms with Crippen LogP contribution in [0.2, 0.25) is 0 Å². The minimum atomic E-state index is -0.495. The highest BCUT2D eigenvalue weighted by molar-refractivity contribution is 5.90. The van der Waals surface area contributed by atoms with Gasteiger partial charge in [-0.2, -0.15) is 0 Å². The van der Waals surface area contributed by atoms with Crippen LogP contribution in [0.1, 0.15) is 97.8 Å². The summed E-state index contributed by atoms with van der Waals surface area (Å²) in [5.41, 5.74) is 0.0743. The molecular formula is C34H42O9. The highest BCUT2D eigenvalue weighted by Gasteiger charge is 2.19. The summed E-state index contributed by atoms with van der Waals surface area (Å²) in [6.07, 6.45) is 8.30. The summed E-state index contributed by atoms with van der Waals surface area (Å²) < 4.78 is 28.2. The van der Waals surface area contributed by atoms with E-state index < -0.39 is 17.4 Å². The van der Waals surface area contributed by atoms with Crippen molar-refractivity contribution in [2.75, 3.05) is 7.11 Å². The molecule has 0 N–H and O–H groups in total. The quantitative estimate of drug-likeness (QED) is 0.0872. The molecule has 1 heterocycles. The molecular weight excluding hydrogens is 552 g/mol. The number of unbranched alkanes of at least 4 members (excludes halogenated alkanes) is 6. The van der Waals surface area contributed by atoms with Crippen LogP contribution in [0.15, 0.2) is 45.6 Å². The lowest BCUT2D eigenvalue weighted by Gasteiger charge is -2.13. The Morgan fingerprint density at radius 2 is 1.21 bits per heavy atom. The second kappa shape index (κ2) is 17.1. The van der Waals surface area contributed by atoms with Crippen molar-refractivity contribution < 1.29 is 37.7 Å². The van der Waals surface area contributed by atoms with E-state index in [0.29, 0.717) is 30.6 Å².